The fraction of sp³-hybridized carbons (Fsp3) is 0.865. The Kier molecular flexibility index (Phi) is 45.8. The van der Waals surface area contributed by atoms with Crippen LogP contribution in [0.25, 0.3) is 0 Å². The van der Waals surface area contributed by atoms with Gasteiger partial charge < -0.3 is 14.2 Å². The van der Waals surface area contributed by atoms with Crippen LogP contribution < -0.4 is 0 Å². The summed E-state index contributed by atoms with van der Waals surface area (Å²) < 4.78 is 16.8. The molecule has 0 aliphatic carbocycles. The van der Waals surface area contributed by atoms with Crippen LogP contribution in [0, 0.1) is 0 Å². The maximum Gasteiger partial charge on any atom is 0.306 e. The SMILES string of the molecule is CCCCCC/C=C/CCCCCCCC(=O)O[C@@H](COC(=O)CCCCCCC/C=C/CCCCCCC)COC(=O)CCCCCCCCCCCCCCC. The van der Waals surface area contributed by atoms with Crippen LogP contribution >= 0.6 is 0 Å². The Morgan fingerprint density at radius 1 is 0.328 bits per heavy atom. The van der Waals surface area contributed by atoms with Gasteiger partial charge in [-0.05, 0) is 70.6 Å². The van der Waals surface area contributed by atoms with Crippen LogP contribution in [-0.2, 0) is 28.6 Å². The third-order valence-electron chi connectivity index (χ3n) is 11.2. The van der Waals surface area contributed by atoms with E-state index in [-0.39, 0.29) is 31.1 Å². The molecule has 0 heterocycles. The molecule has 0 saturated heterocycles. The van der Waals surface area contributed by atoms with Gasteiger partial charge in [0.05, 0.1) is 0 Å². The van der Waals surface area contributed by atoms with Crippen molar-refractivity contribution >= 4 is 17.9 Å². The zero-order chi connectivity index (χ0) is 42.3. The Bertz CT molecular complexity index is 942. The van der Waals surface area contributed by atoms with Crippen molar-refractivity contribution in [2.24, 2.45) is 0 Å². The van der Waals surface area contributed by atoms with Crippen LogP contribution in [0.15, 0.2) is 24.3 Å². The highest BCUT2D eigenvalue weighted by atomic mass is 16.6. The van der Waals surface area contributed by atoms with E-state index in [0.29, 0.717) is 19.3 Å². The Morgan fingerprint density at radius 2 is 0.569 bits per heavy atom. The van der Waals surface area contributed by atoms with Gasteiger partial charge in [-0.3, -0.25) is 14.4 Å². The summed E-state index contributed by atoms with van der Waals surface area (Å²) in [5.74, 6) is -0.881. The van der Waals surface area contributed by atoms with Crippen LogP contribution in [0.3, 0.4) is 0 Å². The molecule has 58 heavy (non-hydrogen) atoms. The highest BCUT2D eigenvalue weighted by Gasteiger charge is 2.19. The van der Waals surface area contributed by atoms with Crippen molar-refractivity contribution < 1.29 is 28.6 Å². The molecule has 0 N–H and O–H groups in total. The van der Waals surface area contributed by atoms with E-state index < -0.39 is 6.10 Å². The fourth-order valence-corrected chi connectivity index (χ4v) is 7.31. The molecule has 0 saturated carbocycles. The Morgan fingerprint density at radius 3 is 0.879 bits per heavy atom. The summed E-state index contributed by atoms with van der Waals surface area (Å²) in [4.78, 5) is 37.9. The van der Waals surface area contributed by atoms with E-state index in [1.807, 2.05) is 0 Å². The molecule has 6 heteroatoms. The van der Waals surface area contributed by atoms with Crippen LogP contribution in [-0.4, -0.2) is 37.2 Å². The summed E-state index contributed by atoms with van der Waals surface area (Å²) in [5.41, 5.74) is 0. The standard InChI is InChI=1S/C52H96O6/c1-4-7-10-13-16-19-22-25-28-30-33-36-39-42-45-51(54)57-48-49(58-52(55)46-43-40-37-34-31-27-24-21-18-15-12-9-6-3)47-56-50(53)44-41-38-35-32-29-26-23-20-17-14-11-8-5-2/h21-22,24-25,49H,4-20,23,26-48H2,1-3H3/b24-21+,25-22+/t49-/m1/s1. The molecule has 0 rings (SSSR count). The molecule has 6 nitrogen and oxygen atoms in total. The van der Waals surface area contributed by atoms with E-state index in [0.717, 1.165) is 70.6 Å². The molecule has 0 spiro atoms. The molecule has 0 aliphatic rings. The summed E-state index contributed by atoms with van der Waals surface area (Å²) in [6.07, 6.45) is 52.9. The minimum absolute atomic E-state index is 0.0737. The van der Waals surface area contributed by atoms with Crippen molar-refractivity contribution in [3.63, 3.8) is 0 Å². The van der Waals surface area contributed by atoms with Gasteiger partial charge in [0.2, 0.25) is 0 Å². The lowest BCUT2D eigenvalue weighted by molar-refractivity contribution is -0.167. The topological polar surface area (TPSA) is 78.9 Å². The predicted octanol–water partition coefficient (Wildman–Crippen LogP) is 16.4. The van der Waals surface area contributed by atoms with E-state index in [1.54, 1.807) is 0 Å². The van der Waals surface area contributed by atoms with Crippen molar-refractivity contribution in [3.8, 4) is 0 Å². The number of carbonyl (C=O) groups is 3. The van der Waals surface area contributed by atoms with Crippen LogP contribution in [0.4, 0.5) is 0 Å². The first-order valence-electron chi connectivity index (χ1n) is 25.3. The van der Waals surface area contributed by atoms with Gasteiger partial charge in [-0.2, -0.15) is 0 Å². The first kappa shape index (κ1) is 55.9. The van der Waals surface area contributed by atoms with E-state index >= 15 is 0 Å². The molecule has 0 aromatic rings. The molecule has 340 valence electrons. The molecule has 0 fully saturated rings. The molecule has 1 atom stereocenters. The van der Waals surface area contributed by atoms with Gasteiger partial charge in [-0.1, -0.05) is 206 Å². The van der Waals surface area contributed by atoms with Gasteiger partial charge in [0.1, 0.15) is 13.2 Å². The average molecular weight is 817 g/mol. The lowest BCUT2D eigenvalue weighted by Gasteiger charge is -2.18. The first-order valence-corrected chi connectivity index (χ1v) is 25.3. The van der Waals surface area contributed by atoms with Crippen molar-refractivity contribution in [1.82, 2.24) is 0 Å². The number of hydrogen-bond acceptors (Lipinski definition) is 6. The maximum atomic E-state index is 12.8. The quantitative estimate of drug-likeness (QED) is 0.0263. The lowest BCUT2D eigenvalue weighted by atomic mass is 10.0. The van der Waals surface area contributed by atoms with Crippen LogP contribution in [0.1, 0.15) is 271 Å². The second-order valence-corrected chi connectivity index (χ2v) is 17.1. The largest absolute Gasteiger partial charge is 0.462 e. The first-order chi connectivity index (χ1) is 28.5. The molecule has 0 unspecified atom stereocenters. The average Bonchev–Trinajstić information content (AvgIpc) is 3.22. The third-order valence-corrected chi connectivity index (χ3v) is 11.2. The monoisotopic (exact) mass is 817 g/mol. The molecule has 0 radical (unpaired) electrons. The highest BCUT2D eigenvalue weighted by molar-refractivity contribution is 5.71. The molecule has 0 amide bonds. The second-order valence-electron chi connectivity index (χ2n) is 17.1. The molecular formula is C52H96O6. The Hall–Kier alpha value is -2.11. The fourth-order valence-electron chi connectivity index (χ4n) is 7.31. The van der Waals surface area contributed by atoms with E-state index in [2.05, 4.69) is 45.1 Å². The molecule has 0 aliphatic heterocycles. The van der Waals surface area contributed by atoms with Gasteiger partial charge >= 0.3 is 17.9 Å². The van der Waals surface area contributed by atoms with Crippen molar-refractivity contribution in [1.29, 1.82) is 0 Å². The van der Waals surface area contributed by atoms with Crippen molar-refractivity contribution in [2.75, 3.05) is 13.2 Å². The third kappa shape index (κ3) is 45.0. The van der Waals surface area contributed by atoms with Crippen LogP contribution in [0.5, 0.6) is 0 Å². The number of hydrogen-bond donors (Lipinski definition) is 0. The summed E-state index contributed by atoms with van der Waals surface area (Å²) in [7, 11) is 0. The number of unbranched alkanes of at least 4 members (excludes halogenated alkanes) is 31. The van der Waals surface area contributed by atoms with E-state index in [1.165, 1.54) is 161 Å². The van der Waals surface area contributed by atoms with Gasteiger partial charge in [-0.15, -0.1) is 0 Å². The van der Waals surface area contributed by atoms with Gasteiger partial charge in [0, 0.05) is 19.3 Å². The summed E-state index contributed by atoms with van der Waals surface area (Å²) in [5, 5.41) is 0. The van der Waals surface area contributed by atoms with Crippen LogP contribution in [0.2, 0.25) is 0 Å². The number of carbonyl (C=O) groups excluding carboxylic acids is 3. The number of esters is 3. The number of rotatable bonds is 46. The van der Waals surface area contributed by atoms with Gasteiger partial charge in [-0.25, -0.2) is 0 Å². The lowest BCUT2D eigenvalue weighted by Crippen LogP contribution is -2.30. The number of ether oxygens (including phenoxy) is 3. The highest BCUT2D eigenvalue weighted by Crippen LogP contribution is 2.15. The van der Waals surface area contributed by atoms with Gasteiger partial charge in [0.25, 0.3) is 0 Å². The van der Waals surface area contributed by atoms with E-state index in [4.69, 9.17) is 14.2 Å². The minimum Gasteiger partial charge on any atom is -0.462 e. The van der Waals surface area contributed by atoms with Crippen molar-refractivity contribution in [3.05, 3.63) is 24.3 Å². The summed E-state index contributed by atoms with van der Waals surface area (Å²) >= 11 is 0. The molecule has 0 aromatic carbocycles. The van der Waals surface area contributed by atoms with E-state index in [9.17, 15) is 14.4 Å². The second kappa shape index (κ2) is 47.6. The number of allylic oxidation sites excluding steroid dienone is 4. The molecule has 0 bridgehead atoms. The normalized spacial score (nSPS) is 12.1. The van der Waals surface area contributed by atoms with Crippen molar-refractivity contribution in [2.45, 2.75) is 277 Å². The smallest absolute Gasteiger partial charge is 0.306 e. The summed E-state index contributed by atoms with van der Waals surface area (Å²) in [6, 6.07) is 0. The Labute approximate surface area is 360 Å². The van der Waals surface area contributed by atoms with Gasteiger partial charge in [0.15, 0.2) is 6.10 Å². The predicted molar refractivity (Wildman–Crippen MR) is 247 cm³/mol. The molecule has 0 aromatic heterocycles. The zero-order valence-corrected chi connectivity index (χ0v) is 38.8. The maximum absolute atomic E-state index is 12.8. The molecular weight excluding hydrogens is 721 g/mol. The Balaban J connectivity index is 4.37. The summed E-state index contributed by atoms with van der Waals surface area (Å²) in [6.45, 7) is 6.62. The minimum atomic E-state index is -0.773. The zero-order valence-electron chi connectivity index (χ0n) is 38.8.